The van der Waals surface area contributed by atoms with E-state index in [9.17, 15) is 33.6 Å². The Kier molecular flexibility index (Phi) is 13.9. The molecule has 0 aromatic rings. The Morgan fingerprint density at radius 2 is 0.841 bits per heavy atom. The summed E-state index contributed by atoms with van der Waals surface area (Å²) in [7, 11) is 0. The molecule has 0 aliphatic carbocycles. The average molecular weight is 699 g/mol. The van der Waals surface area contributed by atoms with Crippen molar-refractivity contribution in [3.8, 4) is 0 Å². The van der Waals surface area contributed by atoms with Crippen LogP contribution < -0.4 is 0 Å². The second-order valence-corrected chi connectivity index (χ2v) is 10.6. The van der Waals surface area contributed by atoms with Crippen LogP contribution in [-0.2, 0) is 80.9 Å². The van der Waals surface area contributed by atoms with Gasteiger partial charge in [0.25, 0.3) is 0 Å². The summed E-state index contributed by atoms with van der Waals surface area (Å²) in [5.41, 5.74) is 0. The SMILES string of the molecule is CC(=O)OC[C@H]1O[C@@H](OC[C@H]2O[C@@H](Br)[C@H](OC(C)=O)[C@@H](OC(C)=O)[C@H]2OC(C)=O)[C@H](OC(C)=O)[C@@H](OC(C)=O)[C@@H]1OC(C)=O. The van der Waals surface area contributed by atoms with Crippen LogP contribution in [0.4, 0.5) is 0 Å². The van der Waals surface area contributed by atoms with Gasteiger partial charge in [-0.15, -0.1) is 0 Å². The van der Waals surface area contributed by atoms with E-state index in [4.69, 9.17) is 47.4 Å². The van der Waals surface area contributed by atoms with E-state index in [1.165, 1.54) is 0 Å². The Balaban J connectivity index is 2.48. The maximum atomic E-state index is 12.1. The molecule has 0 aromatic heterocycles. The van der Waals surface area contributed by atoms with Gasteiger partial charge in [0, 0.05) is 48.5 Å². The van der Waals surface area contributed by atoms with Gasteiger partial charge in [0.2, 0.25) is 0 Å². The molecule has 44 heavy (non-hydrogen) atoms. The zero-order chi connectivity index (χ0) is 33.3. The molecule has 10 atom stereocenters. The molecular weight excluding hydrogens is 664 g/mol. The number of hydrogen-bond donors (Lipinski definition) is 0. The highest BCUT2D eigenvalue weighted by Crippen LogP contribution is 2.34. The summed E-state index contributed by atoms with van der Waals surface area (Å²) in [5, 5.41) is -1.09. The third kappa shape index (κ3) is 11.0. The van der Waals surface area contributed by atoms with Crippen LogP contribution in [0.1, 0.15) is 48.5 Å². The molecule has 2 aliphatic rings. The maximum Gasteiger partial charge on any atom is 0.303 e. The zero-order valence-electron chi connectivity index (χ0n) is 25.0. The fourth-order valence-corrected chi connectivity index (χ4v) is 5.17. The van der Waals surface area contributed by atoms with Gasteiger partial charge >= 0.3 is 41.8 Å². The topological polar surface area (TPSA) is 212 Å². The first-order valence-corrected chi connectivity index (χ1v) is 14.1. The molecule has 0 N–H and O–H groups in total. The van der Waals surface area contributed by atoms with Gasteiger partial charge < -0.3 is 47.4 Å². The van der Waals surface area contributed by atoms with Crippen molar-refractivity contribution >= 4 is 57.7 Å². The molecule has 0 amide bonds. The molecular formula is C26H35BrO17. The lowest BCUT2D eigenvalue weighted by Crippen LogP contribution is -2.64. The molecule has 18 heteroatoms. The van der Waals surface area contributed by atoms with Crippen molar-refractivity contribution in [1.82, 2.24) is 0 Å². The summed E-state index contributed by atoms with van der Waals surface area (Å²) in [6, 6.07) is 0. The van der Waals surface area contributed by atoms with Crippen LogP contribution in [0.3, 0.4) is 0 Å². The molecule has 0 unspecified atom stereocenters. The second-order valence-electron chi connectivity index (χ2n) is 9.65. The van der Waals surface area contributed by atoms with Gasteiger partial charge in [-0.3, -0.25) is 33.6 Å². The highest BCUT2D eigenvalue weighted by Gasteiger charge is 2.55. The van der Waals surface area contributed by atoms with Gasteiger partial charge in [0.15, 0.2) is 47.9 Å². The average Bonchev–Trinajstić information content (AvgIpc) is 2.87. The molecule has 0 bridgehead atoms. The lowest BCUT2D eigenvalue weighted by Gasteiger charge is -2.45. The Morgan fingerprint density at radius 1 is 0.477 bits per heavy atom. The van der Waals surface area contributed by atoms with Crippen molar-refractivity contribution in [3.63, 3.8) is 0 Å². The van der Waals surface area contributed by atoms with E-state index in [0.717, 1.165) is 48.5 Å². The normalized spacial score (nSPS) is 31.5. The summed E-state index contributed by atoms with van der Waals surface area (Å²) in [5.74, 6) is -5.55. The first kappa shape index (κ1) is 36.8. The Labute approximate surface area is 260 Å². The van der Waals surface area contributed by atoms with Crippen LogP contribution in [0.15, 0.2) is 0 Å². The largest absolute Gasteiger partial charge is 0.463 e. The highest BCUT2D eigenvalue weighted by atomic mass is 79.9. The number of carbonyl (C=O) groups excluding carboxylic acids is 7. The third-order valence-corrected chi connectivity index (χ3v) is 6.59. The third-order valence-electron chi connectivity index (χ3n) is 5.86. The molecule has 2 rings (SSSR count). The number of halogens is 1. The monoisotopic (exact) mass is 698 g/mol. The minimum atomic E-state index is -1.58. The first-order valence-electron chi connectivity index (χ1n) is 13.2. The number of alkyl halides is 1. The molecule has 17 nitrogen and oxygen atoms in total. The molecule has 0 aromatic carbocycles. The van der Waals surface area contributed by atoms with E-state index in [-0.39, 0.29) is 0 Å². The molecule has 248 valence electrons. The zero-order valence-corrected chi connectivity index (χ0v) is 26.6. The summed E-state index contributed by atoms with van der Waals surface area (Å²) < 4.78 is 54.8. The first-order chi connectivity index (χ1) is 20.5. The summed E-state index contributed by atoms with van der Waals surface area (Å²) >= 11 is 3.23. The second kappa shape index (κ2) is 16.6. The van der Waals surface area contributed by atoms with Crippen molar-refractivity contribution in [2.45, 2.75) is 109 Å². The summed E-state index contributed by atoms with van der Waals surface area (Å²) in [4.78, 5) is 83.3. The number of carbonyl (C=O) groups is 7. The van der Waals surface area contributed by atoms with Crippen molar-refractivity contribution in [2.24, 2.45) is 0 Å². The van der Waals surface area contributed by atoms with E-state index >= 15 is 0 Å². The van der Waals surface area contributed by atoms with Gasteiger partial charge in [0.05, 0.1) is 6.61 Å². The van der Waals surface area contributed by atoms with Crippen LogP contribution in [0.5, 0.6) is 0 Å². The molecule has 0 saturated carbocycles. The number of ether oxygens (including phenoxy) is 10. The van der Waals surface area contributed by atoms with Gasteiger partial charge in [-0.25, -0.2) is 0 Å². The standard InChI is InChI=1S/C26H35BrO17/c1-10(28)35-8-18-20(38-12(3)30)22(40-14(5)32)24(42-16(7)34)26(44-18)36-9-17-19(37-11(2)29)21(39-13(4)31)23(25(27)43-17)41-15(6)33/h17-26H,8-9H2,1-7H3/t17-,18-,19+,20-,21+,22+,23-,24-,25-,26-/m1/s1. The Bertz CT molecular complexity index is 1090. The van der Waals surface area contributed by atoms with E-state index in [1.54, 1.807) is 0 Å². The molecule has 0 spiro atoms. The Morgan fingerprint density at radius 3 is 1.27 bits per heavy atom. The minimum Gasteiger partial charge on any atom is -0.463 e. The lowest BCUT2D eigenvalue weighted by atomic mass is 9.97. The van der Waals surface area contributed by atoms with Crippen molar-refractivity contribution in [3.05, 3.63) is 0 Å². The van der Waals surface area contributed by atoms with E-state index in [2.05, 4.69) is 15.9 Å². The molecule has 2 fully saturated rings. The van der Waals surface area contributed by atoms with Crippen LogP contribution in [0.2, 0.25) is 0 Å². The molecule has 2 heterocycles. The smallest absolute Gasteiger partial charge is 0.303 e. The van der Waals surface area contributed by atoms with Gasteiger partial charge in [-0.05, 0) is 0 Å². The number of esters is 7. The summed E-state index contributed by atoms with van der Waals surface area (Å²) in [6.07, 6.45) is -12.5. The van der Waals surface area contributed by atoms with Gasteiger partial charge in [-0.1, -0.05) is 15.9 Å². The predicted molar refractivity (Wildman–Crippen MR) is 142 cm³/mol. The fourth-order valence-electron chi connectivity index (χ4n) is 4.49. The van der Waals surface area contributed by atoms with Gasteiger partial charge in [0.1, 0.15) is 18.8 Å². The predicted octanol–water partition coefficient (Wildman–Crippen LogP) is 0.00100. The highest BCUT2D eigenvalue weighted by molar-refractivity contribution is 9.09. The van der Waals surface area contributed by atoms with E-state index in [1.807, 2.05) is 0 Å². The molecule has 2 saturated heterocycles. The maximum absolute atomic E-state index is 12.1. The number of rotatable bonds is 11. The van der Waals surface area contributed by atoms with E-state index < -0.39 is 115 Å². The molecule has 2 aliphatic heterocycles. The minimum absolute atomic E-state index is 0.490. The summed E-state index contributed by atoms with van der Waals surface area (Å²) in [6.45, 7) is 6.61. The van der Waals surface area contributed by atoms with E-state index in [0.29, 0.717) is 0 Å². The van der Waals surface area contributed by atoms with Crippen molar-refractivity contribution in [2.75, 3.05) is 13.2 Å². The Hall–Kier alpha value is -3.35. The number of hydrogen-bond acceptors (Lipinski definition) is 17. The quantitative estimate of drug-likeness (QED) is 0.158. The van der Waals surface area contributed by atoms with Crippen LogP contribution in [-0.4, -0.2) is 115 Å². The fraction of sp³-hybridized carbons (Fsp3) is 0.731. The molecule has 0 radical (unpaired) electrons. The van der Waals surface area contributed by atoms with Crippen LogP contribution in [0.25, 0.3) is 0 Å². The van der Waals surface area contributed by atoms with Crippen molar-refractivity contribution < 1.29 is 80.9 Å². The lowest BCUT2D eigenvalue weighted by molar-refractivity contribution is -0.317. The van der Waals surface area contributed by atoms with Gasteiger partial charge in [-0.2, -0.15) is 0 Å². The van der Waals surface area contributed by atoms with Crippen LogP contribution in [0, 0.1) is 0 Å². The van der Waals surface area contributed by atoms with Crippen molar-refractivity contribution in [1.29, 1.82) is 0 Å². The van der Waals surface area contributed by atoms with Crippen LogP contribution >= 0.6 is 15.9 Å².